The zero-order chi connectivity index (χ0) is 25.4. The maximum atomic E-state index is 13.2. The van der Waals surface area contributed by atoms with Crippen molar-refractivity contribution in [1.29, 1.82) is 0 Å². The zero-order valence-electron chi connectivity index (χ0n) is 20.4. The number of nitrogens with one attached hydrogen (secondary N) is 1. The van der Waals surface area contributed by atoms with Gasteiger partial charge in [0.2, 0.25) is 0 Å². The molecule has 10 heteroatoms. The minimum atomic E-state index is -0.250. The molecule has 0 aliphatic carbocycles. The summed E-state index contributed by atoms with van der Waals surface area (Å²) in [5.74, 6) is 0.964. The van der Waals surface area contributed by atoms with Gasteiger partial charge in [0.15, 0.2) is 0 Å². The van der Waals surface area contributed by atoms with Crippen molar-refractivity contribution in [3.05, 3.63) is 62.7 Å². The van der Waals surface area contributed by atoms with Crippen LogP contribution in [-0.4, -0.2) is 65.9 Å². The molecule has 1 fully saturated rings. The molecule has 1 aromatic heterocycles. The normalized spacial score (nSPS) is 19.8. The summed E-state index contributed by atoms with van der Waals surface area (Å²) in [6, 6.07) is 8.81. The molecule has 3 aromatic rings. The number of likely N-dealkylation sites (tertiary alicyclic amines) is 1. The Balaban J connectivity index is 1.25. The molecule has 2 aromatic carbocycles. The van der Waals surface area contributed by atoms with Crippen molar-refractivity contribution in [3.63, 3.8) is 0 Å². The van der Waals surface area contributed by atoms with E-state index in [1.165, 1.54) is 0 Å². The van der Waals surface area contributed by atoms with E-state index in [2.05, 4.69) is 15.2 Å². The maximum Gasteiger partial charge on any atom is 0.261 e. The van der Waals surface area contributed by atoms with Crippen LogP contribution in [-0.2, 0) is 17.7 Å². The minimum Gasteiger partial charge on any atom is -0.492 e. The van der Waals surface area contributed by atoms with E-state index in [1.807, 2.05) is 31.2 Å². The summed E-state index contributed by atoms with van der Waals surface area (Å²) in [6.45, 7) is 4.94. The fraction of sp³-hybridized carbons (Fsp3) is 0.423. The Morgan fingerprint density at radius 3 is 2.94 bits per heavy atom. The van der Waals surface area contributed by atoms with Gasteiger partial charge in [0, 0.05) is 45.3 Å². The number of nitrogens with two attached hydrogens (primary N) is 1. The van der Waals surface area contributed by atoms with Gasteiger partial charge in [0.25, 0.3) is 11.5 Å². The first-order valence-electron chi connectivity index (χ1n) is 12.1. The third-order valence-corrected chi connectivity index (χ3v) is 7.48. The standard InChI is InChI=1S/C26H30ClN5O4/c1-15-29-20-6-4-3-5-16(20)26(34)32(15)11-10-31-9-7-21(22(14-31)35-2)30-25(33)18-13-19(27)23(28)17-8-12-36-24(17)18/h3-6,13,21-22H,7-12,14,28H2,1-2H3,(H,30,33). The average molecular weight is 512 g/mol. The number of aromatic nitrogens is 2. The smallest absolute Gasteiger partial charge is 0.261 e. The van der Waals surface area contributed by atoms with Crippen molar-refractivity contribution >= 4 is 34.1 Å². The number of carbonyl (C=O) groups excluding carboxylic acids is 1. The summed E-state index contributed by atoms with van der Waals surface area (Å²) in [5, 5.41) is 4.09. The van der Waals surface area contributed by atoms with Gasteiger partial charge in [-0.3, -0.25) is 19.1 Å². The monoisotopic (exact) mass is 511 g/mol. The Labute approximate surface area is 214 Å². The molecule has 0 saturated carbocycles. The molecule has 0 radical (unpaired) electrons. The molecule has 36 heavy (non-hydrogen) atoms. The second-order valence-electron chi connectivity index (χ2n) is 9.30. The average Bonchev–Trinajstić information content (AvgIpc) is 3.37. The van der Waals surface area contributed by atoms with Crippen LogP contribution >= 0.6 is 11.6 Å². The lowest BCUT2D eigenvalue weighted by Crippen LogP contribution is -2.55. The largest absolute Gasteiger partial charge is 0.492 e. The highest BCUT2D eigenvalue weighted by atomic mass is 35.5. The number of anilines is 1. The molecule has 0 bridgehead atoms. The number of fused-ring (bicyclic) bond motifs is 2. The molecular weight excluding hydrogens is 482 g/mol. The van der Waals surface area contributed by atoms with E-state index in [9.17, 15) is 9.59 Å². The highest BCUT2D eigenvalue weighted by Gasteiger charge is 2.32. The van der Waals surface area contributed by atoms with Gasteiger partial charge in [-0.2, -0.15) is 0 Å². The number of carbonyl (C=O) groups is 1. The molecule has 0 spiro atoms. The molecule has 2 aliphatic rings. The van der Waals surface area contributed by atoms with Crippen molar-refractivity contribution in [2.24, 2.45) is 0 Å². The van der Waals surface area contributed by atoms with Crippen molar-refractivity contribution in [2.45, 2.75) is 38.5 Å². The molecule has 3 N–H and O–H groups in total. The molecule has 3 heterocycles. The maximum absolute atomic E-state index is 13.2. The van der Waals surface area contributed by atoms with Crippen LogP contribution in [0.25, 0.3) is 10.9 Å². The van der Waals surface area contributed by atoms with Crippen LogP contribution in [0.15, 0.2) is 35.1 Å². The first kappa shape index (κ1) is 24.5. The summed E-state index contributed by atoms with van der Waals surface area (Å²) in [6.07, 6.45) is 1.14. The van der Waals surface area contributed by atoms with E-state index >= 15 is 0 Å². The fourth-order valence-electron chi connectivity index (χ4n) is 5.15. The zero-order valence-corrected chi connectivity index (χ0v) is 21.2. The summed E-state index contributed by atoms with van der Waals surface area (Å²) < 4.78 is 13.2. The van der Waals surface area contributed by atoms with Crippen LogP contribution in [0.5, 0.6) is 5.75 Å². The number of hydrogen-bond donors (Lipinski definition) is 2. The van der Waals surface area contributed by atoms with Crippen molar-refractivity contribution < 1.29 is 14.3 Å². The number of hydrogen-bond acceptors (Lipinski definition) is 7. The number of nitrogen functional groups attached to an aromatic ring is 1. The topological polar surface area (TPSA) is 112 Å². The first-order valence-corrected chi connectivity index (χ1v) is 12.5. The molecular formula is C26H30ClN5O4. The molecule has 1 saturated heterocycles. The first-order chi connectivity index (χ1) is 17.4. The number of rotatable bonds is 6. The highest BCUT2D eigenvalue weighted by molar-refractivity contribution is 6.33. The Bertz CT molecular complexity index is 1370. The quantitative estimate of drug-likeness (QED) is 0.489. The molecule has 9 nitrogen and oxygen atoms in total. The number of benzene rings is 2. The van der Waals surface area contributed by atoms with Gasteiger partial charge in [-0.05, 0) is 31.5 Å². The Morgan fingerprint density at radius 1 is 1.33 bits per heavy atom. The molecule has 5 rings (SSSR count). The number of para-hydroxylation sites is 1. The molecule has 2 unspecified atom stereocenters. The van der Waals surface area contributed by atoms with Gasteiger partial charge >= 0.3 is 0 Å². The minimum absolute atomic E-state index is 0.0274. The van der Waals surface area contributed by atoms with Crippen LogP contribution in [0, 0.1) is 6.92 Å². The van der Waals surface area contributed by atoms with Gasteiger partial charge in [0.1, 0.15) is 11.6 Å². The predicted molar refractivity (Wildman–Crippen MR) is 139 cm³/mol. The van der Waals surface area contributed by atoms with Crippen molar-refractivity contribution in [2.75, 3.05) is 39.1 Å². The lowest BCUT2D eigenvalue weighted by molar-refractivity contribution is 0.00539. The third-order valence-electron chi connectivity index (χ3n) is 7.17. The van der Waals surface area contributed by atoms with Crippen LogP contribution in [0.2, 0.25) is 5.02 Å². The number of methoxy groups -OCH3 is 1. The van der Waals surface area contributed by atoms with Gasteiger partial charge in [-0.15, -0.1) is 0 Å². The number of aryl methyl sites for hydroxylation is 1. The highest BCUT2D eigenvalue weighted by Crippen LogP contribution is 2.38. The summed E-state index contributed by atoms with van der Waals surface area (Å²) in [5.41, 5.74) is 8.42. The summed E-state index contributed by atoms with van der Waals surface area (Å²) in [7, 11) is 1.65. The van der Waals surface area contributed by atoms with Crippen LogP contribution in [0.3, 0.4) is 0 Å². The second-order valence-corrected chi connectivity index (χ2v) is 9.71. The van der Waals surface area contributed by atoms with Crippen molar-refractivity contribution in [3.8, 4) is 5.75 Å². The van der Waals surface area contributed by atoms with Gasteiger partial charge in [-0.1, -0.05) is 23.7 Å². The van der Waals surface area contributed by atoms with Gasteiger partial charge in [0.05, 0.1) is 45.9 Å². The summed E-state index contributed by atoms with van der Waals surface area (Å²) >= 11 is 6.28. The molecule has 2 atom stereocenters. The Kier molecular flexibility index (Phi) is 6.87. The number of ether oxygens (including phenoxy) is 2. The molecule has 2 aliphatic heterocycles. The van der Waals surface area contributed by atoms with Crippen LogP contribution < -0.4 is 21.3 Å². The Hall–Kier alpha value is -3.14. The molecule has 1 amide bonds. The van der Waals surface area contributed by atoms with E-state index in [0.29, 0.717) is 77.8 Å². The van der Waals surface area contributed by atoms with E-state index in [1.54, 1.807) is 17.7 Å². The predicted octanol–water partition coefficient (Wildman–Crippen LogP) is 2.39. The molecule has 190 valence electrons. The van der Waals surface area contributed by atoms with Crippen LogP contribution in [0.4, 0.5) is 5.69 Å². The van der Waals surface area contributed by atoms with Gasteiger partial charge < -0.3 is 20.5 Å². The van der Waals surface area contributed by atoms with Gasteiger partial charge in [-0.25, -0.2) is 4.98 Å². The van der Waals surface area contributed by atoms with Crippen molar-refractivity contribution in [1.82, 2.24) is 19.8 Å². The van der Waals surface area contributed by atoms with Crippen LogP contribution in [0.1, 0.15) is 28.2 Å². The van der Waals surface area contributed by atoms with E-state index in [-0.39, 0.29) is 23.6 Å². The van der Waals surface area contributed by atoms with E-state index < -0.39 is 0 Å². The third kappa shape index (κ3) is 4.54. The second kappa shape index (κ2) is 10.1. The van der Waals surface area contributed by atoms with E-state index in [0.717, 1.165) is 12.1 Å². The lowest BCUT2D eigenvalue weighted by Gasteiger charge is -2.38. The number of halogens is 1. The fourth-order valence-corrected chi connectivity index (χ4v) is 5.38. The SMILES string of the molecule is COC1CN(CCn2c(C)nc3ccccc3c2=O)CCC1NC(=O)c1cc(Cl)c(N)c2c1OCC2. The summed E-state index contributed by atoms with van der Waals surface area (Å²) in [4.78, 5) is 33.0. The number of piperidine rings is 1. The lowest BCUT2D eigenvalue weighted by atomic mass is 10.00. The van der Waals surface area contributed by atoms with E-state index in [4.69, 9.17) is 26.8 Å². The number of nitrogens with zero attached hydrogens (tertiary/aromatic N) is 3. The number of amides is 1. The Morgan fingerprint density at radius 2 is 2.14 bits per heavy atom.